The van der Waals surface area contributed by atoms with Crippen molar-refractivity contribution >= 4 is 27.5 Å². The lowest BCUT2D eigenvalue weighted by atomic mass is 10.2. The lowest BCUT2D eigenvalue weighted by molar-refractivity contribution is 0.1000. The molecular formula is C20H15F2N5O2S. The maximum atomic E-state index is 13.7. The summed E-state index contributed by atoms with van der Waals surface area (Å²) in [5.41, 5.74) is 4.23. The average molecular weight is 427 g/mol. The molecule has 10 heteroatoms. The fourth-order valence-electron chi connectivity index (χ4n) is 3.75. The van der Waals surface area contributed by atoms with E-state index < -0.39 is 17.5 Å². The van der Waals surface area contributed by atoms with Crippen LogP contribution in [0.1, 0.15) is 34.0 Å². The minimum absolute atomic E-state index is 0.156. The number of aryl methyl sites for hydroxylation is 1. The number of fused-ring (bicyclic) bond motifs is 2. The molecule has 7 nitrogen and oxygen atoms in total. The van der Waals surface area contributed by atoms with E-state index >= 15 is 0 Å². The van der Waals surface area contributed by atoms with Crippen molar-refractivity contribution in [1.29, 1.82) is 0 Å². The molecule has 0 saturated carbocycles. The van der Waals surface area contributed by atoms with Gasteiger partial charge in [0.2, 0.25) is 0 Å². The van der Waals surface area contributed by atoms with Gasteiger partial charge in [-0.15, -0.1) is 11.3 Å². The Labute approximate surface area is 172 Å². The number of benzene rings is 1. The molecule has 0 saturated heterocycles. The van der Waals surface area contributed by atoms with E-state index in [1.54, 1.807) is 18.4 Å². The van der Waals surface area contributed by atoms with E-state index in [-0.39, 0.29) is 11.3 Å². The van der Waals surface area contributed by atoms with Crippen LogP contribution in [0.4, 0.5) is 8.78 Å². The predicted molar refractivity (Wildman–Crippen MR) is 108 cm³/mol. The minimum Gasteiger partial charge on any atom is -0.267 e. The normalized spacial score (nSPS) is 13.0. The Morgan fingerprint density at radius 3 is 2.83 bits per heavy atom. The smallest absolute Gasteiger partial charge is 0.267 e. The third kappa shape index (κ3) is 2.83. The summed E-state index contributed by atoms with van der Waals surface area (Å²) in [5.74, 6) is -2.15. The van der Waals surface area contributed by atoms with Crippen LogP contribution < -0.4 is 11.0 Å². The summed E-state index contributed by atoms with van der Waals surface area (Å²) in [5, 5.41) is 6.55. The number of carbonyl (C=O) groups excluding carboxylic acids is 1. The van der Waals surface area contributed by atoms with Gasteiger partial charge in [-0.1, -0.05) is 0 Å². The largest absolute Gasteiger partial charge is 0.291 e. The molecule has 5 rings (SSSR count). The highest BCUT2D eigenvalue weighted by molar-refractivity contribution is 7.16. The first-order valence-corrected chi connectivity index (χ1v) is 10.2. The van der Waals surface area contributed by atoms with Gasteiger partial charge in [0, 0.05) is 17.3 Å². The number of thiophene rings is 1. The van der Waals surface area contributed by atoms with E-state index in [1.807, 2.05) is 0 Å². The van der Waals surface area contributed by atoms with Gasteiger partial charge in [-0.3, -0.25) is 15.0 Å². The molecule has 0 radical (unpaired) electrons. The molecule has 0 unspecified atom stereocenters. The van der Waals surface area contributed by atoms with Gasteiger partial charge in [0.25, 0.3) is 11.5 Å². The second-order valence-corrected chi connectivity index (χ2v) is 7.91. The fourth-order valence-corrected chi connectivity index (χ4v) is 4.55. The van der Waals surface area contributed by atoms with Crippen molar-refractivity contribution in [2.24, 2.45) is 0 Å². The highest BCUT2D eigenvalue weighted by Crippen LogP contribution is 2.28. The molecule has 1 aromatic carbocycles. The third-order valence-electron chi connectivity index (χ3n) is 5.17. The number of rotatable bonds is 3. The van der Waals surface area contributed by atoms with Crippen LogP contribution >= 0.6 is 11.3 Å². The molecule has 0 bridgehead atoms. The summed E-state index contributed by atoms with van der Waals surface area (Å²) in [6.07, 6.45) is 2.12. The third-order valence-corrected chi connectivity index (χ3v) is 5.98. The van der Waals surface area contributed by atoms with Crippen LogP contribution in [0.25, 0.3) is 15.9 Å². The van der Waals surface area contributed by atoms with Crippen molar-refractivity contribution in [3.8, 4) is 5.69 Å². The molecular weight excluding hydrogens is 412 g/mol. The molecule has 3 heterocycles. The van der Waals surface area contributed by atoms with Gasteiger partial charge in [0.05, 0.1) is 11.1 Å². The predicted octanol–water partition coefficient (Wildman–Crippen LogP) is 3.10. The van der Waals surface area contributed by atoms with Crippen LogP contribution in [0, 0.1) is 18.6 Å². The maximum Gasteiger partial charge on any atom is 0.291 e. The Morgan fingerprint density at radius 2 is 2.03 bits per heavy atom. The van der Waals surface area contributed by atoms with Crippen LogP contribution in [0.3, 0.4) is 0 Å². The number of amides is 1. The summed E-state index contributed by atoms with van der Waals surface area (Å²) in [7, 11) is 0. The average Bonchev–Trinajstić information content (AvgIpc) is 3.43. The number of nitrogens with zero attached hydrogens (tertiary/aromatic N) is 4. The molecule has 152 valence electrons. The summed E-state index contributed by atoms with van der Waals surface area (Å²) < 4.78 is 29.6. The van der Waals surface area contributed by atoms with Crippen LogP contribution in [-0.4, -0.2) is 25.3 Å². The molecule has 30 heavy (non-hydrogen) atoms. The van der Waals surface area contributed by atoms with Crippen LogP contribution in [-0.2, 0) is 12.8 Å². The van der Waals surface area contributed by atoms with E-state index in [2.05, 4.69) is 15.5 Å². The van der Waals surface area contributed by atoms with Crippen LogP contribution in [0.15, 0.2) is 34.4 Å². The molecule has 0 aliphatic heterocycles. The number of carbonyl (C=O) groups is 1. The second-order valence-electron chi connectivity index (χ2n) is 7.02. The number of halogens is 2. The van der Waals surface area contributed by atoms with Gasteiger partial charge >= 0.3 is 0 Å². The fraction of sp³-hybridized carbons (Fsp3) is 0.200. The zero-order chi connectivity index (χ0) is 21.0. The summed E-state index contributed by atoms with van der Waals surface area (Å²) in [4.78, 5) is 30.7. The van der Waals surface area contributed by atoms with Crippen molar-refractivity contribution in [3.05, 3.63) is 74.4 Å². The lowest BCUT2D eigenvalue weighted by Gasteiger charge is -2.10. The van der Waals surface area contributed by atoms with Gasteiger partial charge in [-0.05, 0) is 49.8 Å². The van der Waals surface area contributed by atoms with E-state index in [0.717, 1.165) is 34.5 Å². The first-order chi connectivity index (χ1) is 14.4. The monoisotopic (exact) mass is 427 g/mol. The van der Waals surface area contributed by atoms with Gasteiger partial charge in [0.1, 0.15) is 10.7 Å². The van der Waals surface area contributed by atoms with Crippen molar-refractivity contribution in [2.75, 3.05) is 5.43 Å². The molecule has 1 aliphatic carbocycles. The highest BCUT2D eigenvalue weighted by atomic mass is 32.1. The topological polar surface area (TPSA) is 81.8 Å². The molecule has 3 aromatic heterocycles. The lowest BCUT2D eigenvalue weighted by Crippen LogP contribution is -2.35. The Kier molecular flexibility index (Phi) is 4.24. The molecule has 0 atom stereocenters. The van der Waals surface area contributed by atoms with E-state index in [4.69, 9.17) is 0 Å². The zero-order valence-corrected chi connectivity index (χ0v) is 16.6. The first-order valence-electron chi connectivity index (χ1n) is 9.28. The highest BCUT2D eigenvalue weighted by Gasteiger charge is 2.28. The Morgan fingerprint density at radius 1 is 1.20 bits per heavy atom. The van der Waals surface area contributed by atoms with Crippen molar-refractivity contribution in [2.45, 2.75) is 26.2 Å². The van der Waals surface area contributed by atoms with Gasteiger partial charge in [-0.25, -0.2) is 23.1 Å². The van der Waals surface area contributed by atoms with E-state index in [9.17, 15) is 18.4 Å². The Hall–Kier alpha value is -3.40. The van der Waals surface area contributed by atoms with Gasteiger partial charge < -0.3 is 0 Å². The summed E-state index contributed by atoms with van der Waals surface area (Å²) >= 11 is 1.35. The number of aromatic nitrogens is 4. The molecule has 1 amide bonds. The number of nitrogens with one attached hydrogen (secondary N) is 1. The van der Waals surface area contributed by atoms with Crippen molar-refractivity contribution in [3.63, 3.8) is 0 Å². The first kappa shape index (κ1) is 18.6. The van der Waals surface area contributed by atoms with Gasteiger partial charge in [-0.2, -0.15) is 5.10 Å². The molecule has 1 N–H and O–H groups in total. The SMILES string of the molecule is Cc1nc2sccc2c(=O)n1NC(=O)c1nn(-c2ccc(F)c(F)c2)c2c1CCC2. The second kappa shape index (κ2) is 6.84. The number of hydrogen-bond donors (Lipinski definition) is 1. The van der Waals surface area contributed by atoms with Crippen molar-refractivity contribution < 1.29 is 13.6 Å². The maximum absolute atomic E-state index is 13.7. The van der Waals surface area contributed by atoms with Crippen molar-refractivity contribution in [1.82, 2.24) is 19.4 Å². The minimum atomic E-state index is -0.988. The Balaban J connectivity index is 1.56. The number of hydrogen-bond acceptors (Lipinski definition) is 5. The van der Waals surface area contributed by atoms with E-state index in [0.29, 0.717) is 34.6 Å². The standard InChI is InChI=1S/C20H15F2N5O2S/c1-10-23-19-13(7-8-30-19)20(29)26(10)25-18(28)17-12-3-2-4-16(12)27(24-17)11-5-6-14(21)15(22)9-11/h5-9H,2-4H2,1H3,(H,25,28). The summed E-state index contributed by atoms with van der Waals surface area (Å²) in [6, 6.07) is 5.14. The Bertz CT molecular complexity index is 1390. The molecule has 4 aromatic rings. The molecule has 0 spiro atoms. The van der Waals surface area contributed by atoms with Crippen LogP contribution in [0.5, 0.6) is 0 Å². The molecule has 1 aliphatic rings. The molecule has 0 fully saturated rings. The summed E-state index contributed by atoms with van der Waals surface area (Å²) in [6.45, 7) is 1.63. The van der Waals surface area contributed by atoms with Gasteiger partial charge in [0.15, 0.2) is 17.3 Å². The van der Waals surface area contributed by atoms with Crippen LogP contribution in [0.2, 0.25) is 0 Å². The quantitative estimate of drug-likeness (QED) is 0.545. The zero-order valence-electron chi connectivity index (χ0n) is 15.8. The van der Waals surface area contributed by atoms with E-state index in [1.165, 1.54) is 22.1 Å².